The number of halogens is 1. The first-order chi connectivity index (χ1) is 8.32. The fourth-order valence-corrected chi connectivity index (χ4v) is 1.81. The lowest BCUT2D eigenvalue weighted by atomic mass is 10.1. The van der Waals surface area contributed by atoms with Crippen molar-refractivity contribution in [2.45, 2.75) is 13.0 Å². The highest BCUT2D eigenvalue weighted by atomic mass is 79.9. The molecule has 1 aromatic carbocycles. The van der Waals surface area contributed by atoms with Gasteiger partial charge in [-0.2, -0.15) is 0 Å². The van der Waals surface area contributed by atoms with Crippen molar-refractivity contribution in [1.82, 2.24) is 0 Å². The monoisotopic (exact) mass is 318 g/mol. The second-order valence-corrected chi connectivity index (χ2v) is 4.45. The van der Waals surface area contributed by atoms with E-state index < -0.39 is 23.5 Å². The van der Waals surface area contributed by atoms with Crippen LogP contribution in [0.2, 0.25) is 0 Å². The van der Waals surface area contributed by atoms with Gasteiger partial charge in [-0.15, -0.1) is 0 Å². The van der Waals surface area contributed by atoms with E-state index in [1.54, 1.807) is 0 Å². The Kier molecular flexibility index (Phi) is 4.62. The summed E-state index contributed by atoms with van der Waals surface area (Å²) in [5, 5.41) is 20.5. The van der Waals surface area contributed by atoms with Gasteiger partial charge in [-0.25, -0.2) is 0 Å². The van der Waals surface area contributed by atoms with Gasteiger partial charge in [-0.3, -0.25) is 14.9 Å². The maximum absolute atomic E-state index is 10.9. The number of nitro groups is 1. The fourth-order valence-electron chi connectivity index (χ4n) is 1.35. The number of hydrogen-bond acceptors (Lipinski definition) is 5. The van der Waals surface area contributed by atoms with Crippen molar-refractivity contribution in [3.63, 3.8) is 0 Å². The third-order valence-electron chi connectivity index (χ3n) is 2.07. The van der Waals surface area contributed by atoms with E-state index >= 15 is 0 Å². The van der Waals surface area contributed by atoms with Crippen LogP contribution < -0.4 is 10.5 Å². The SMILES string of the molecule is C[C@@H](O)c1cc(Br)cc([N+](=O)[O-])c1OCC(N)=O. The molecular formula is C10H11BrN2O5. The Morgan fingerprint density at radius 1 is 1.67 bits per heavy atom. The van der Waals surface area contributed by atoms with E-state index in [0.717, 1.165) is 0 Å². The van der Waals surface area contributed by atoms with Gasteiger partial charge >= 0.3 is 5.69 Å². The van der Waals surface area contributed by atoms with E-state index in [4.69, 9.17) is 10.5 Å². The topological polar surface area (TPSA) is 116 Å². The number of carbonyl (C=O) groups is 1. The fraction of sp³-hybridized carbons (Fsp3) is 0.300. The zero-order valence-corrected chi connectivity index (χ0v) is 11.0. The molecule has 1 atom stereocenters. The van der Waals surface area contributed by atoms with Crippen molar-refractivity contribution >= 4 is 27.5 Å². The van der Waals surface area contributed by atoms with Crippen LogP contribution in [-0.2, 0) is 4.79 Å². The van der Waals surface area contributed by atoms with E-state index in [1.807, 2.05) is 0 Å². The lowest BCUT2D eigenvalue weighted by Gasteiger charge is -2.13. The van der Waals surface area contributed by atoms with Crippen LogP contribution in [0.25, 0.3) is 0 Å². The summed E-state index contributed by atoms with van der Waals surface area (Å²) in [4.78, 5) is 20.9. The lowest BCUT2D eigenvalue weighted by Crippen LogP contribution is -2.21. The highest BCUT2D eigenvalue weighted by Crippen LogP contribution is 2.37. The maximum atomic E-state index is 10.9. The molecule has 1 amide bonds. The molecular weight excluding hydrogens is 308 g/mol. The molecule has 1 rings (SSSR count). The number of aliphatic hydroxyl groups is 1. The van der Waals surface area contributed by atoms with Crippen LogP contribution in [-0.4, -0.2) is 22.5 Å². The number of aliphatic hydroxyl groups excluding tert-OH is 1. The molecule has 0 saturated heterocycles. The number of nitrogens with two attached hydrogens (primary N) is 1. The number of nitro benzene ring substituents is 1. The minimum atomic E-state index is -0.982. The standard InChI is InChI=1S/C10H11BrN2O5/c1-5(14)7-2-6(11)3-8(13(16)17)10(7)18-4-9(12)15/h2-3,5,14H,4H2,1H3,(H2,12,15)/t5-/m1/s1. The van der Waals surface area contributed by atoms with Gasteiger partial charge in [0.25, 0.3) is 5.91 Å². The Hall–Kier alpha value is -1.67. The van der Waals surface area contributed by atoms with Gasteiger partial charge in [0.15, 0.2) is 6.61 Å². The van der Waals surface area contributed by atoms with Crippen molar-refractivity contribution < 1.29 is 19.6 Å². The van der Waals surface area contributed by atoms with Gasteiger partial charge in [0.2, 0.25) is 5.75 Å². The lowest BCUT2D eigenvalue weighted by molar-refractivity contribution is -0.386. The molecule has 0 saturated carbocycles. The second kappa shape index (κ2) is 5.78. The number of amides is 1. The van der Waals surface area contributed by atoms with Gasteiger partial charge < -0.3 is 15.6 Å². The molecule has 0 aliphatic carbocycles. The van der Waals surface area contributed by atoms with Crippen LogP contribution in [0.15, 0.2) is 16.6 Å². The molecule has 0 bridgehead atoms. The third-order valence-corrected chi connectivity index (χ3v) is 2.53. The Labute approximate surface area is 111 Å². The van der Waals surface area contributed by atoms with Crippen LogP contribution >= 0.6 is 15.9 Å². The largest absolute Gasteiger partial charge is 0.476 e. The molecule has 0 unspecified atom stereocenters. The molecule has 0 heterocycles. The van der Waals surface area contributed by atoms with Crippen molar-refractivity contribution in [2.24, 2.45) is 5.73 Å². The molecule has 7 nitrogen and oxygen atoms in total. The van der Waals surface area contributed by atoms with Crippen LogP contribution in [0.5, 0.6) is 5.75 Å². The van der Waals surface area contributed by atoms with Gasteiger partial charge in [0, 0.05) is 16.1 Å². The molecule has 0 aromatic heterocycles. The number of hydrogen-bond donors (Lipinski definition) is 2. The summed E-state index contributed by atoms with van der Waals surface area (Å²) in [7, 11) is 0. The summed E-state index contributed by atoms with van der Waals surface area (Å²) in [5.74, 6) is -0.916. The minimum Gasteiger partial charge on any atom is -0.476 e. The predicted octanol–water partition coefficient (Wildman–Crippen LogP) is 1.27. The second-order valence-electron chi connectivity index (χ2n) is 3.53. The number of nitrogens with zero attached hydrogens (tertiary/aromatic N) is 1. The summed E-state index contributed by atoms with van der Waals surface area (Å²) < 4.78 is 5.44. The van der Waals surface area contributed by atoms with Crippen molar-refractivity contribution in [1.29, 1.82) is 0 Å². The first kappa shape index (κ1) is 14.4. The van der Waals surface area contributed by atoms with Crippen molar-refractivity contribution in [3.05, 3.63) is 32.3 Å². The zero-order chi connectivity index (χ0) is 13.9. The van der Waals surface area contributed by atoms with Gasteiger partial charge in [-0.1, -0.05) is 15.9 Å². The third kappa shape index (κ3) is 3.41. The smallest absolute Gasteiger partial charge is 0.312 e. The predicted molar refractivity (Wildman–Crippen MR) is 66.1 cm³/mol. The molecule has 98 valence electrons. The molecule has 3 N–H and O–H groups in total. The first-order valence-electron chi connectivity index (χ1n) is 4.90. The van der Waals surface area contributed by atoms with Crippen molar-refractivity contribution in [3.8, 4) is 5.75 Å². The summed E-state index contributed by atoms with van der Waals surface area (Å²) in [6.07, 6.45) is -0.982. The number of benzene rings is 1. The number of carbonyl (C=O) groups excluding carboxylic acids is 1. The Morgan fingerprint density at radius 3 is 2.72 bits per heavy atom. The highest BCUT2D eigenvalue weighted by molar-refractivity contribution is 9.10. The van der Waals surface area contributed by atoms with Gasteiger partial charge in [-0.05, 0) is 13.0 Å². The molecule has 8 heteroatoms. The maximum Gasteiger partial charge on any atom is 0.312 e. The number of primary amides is 1. The minimum absolute atomic E-state index is 0.156. The van der Waals surface area contributed by atoms with Crippen LogP contribution in [0.3, 0.4) is 0 Å². The number of rotatable bonds is 5. The average Bonchev–Trinajstić information content (AvgIpc) is 2.25. The van der Waals surface area contributed by atoms with Crippen LogP contribution in [0, 0.1) is 10.1 Å². The van der Waals surface area contributed by atoms with E-state index in [0.29, 0.717) is 4.47 Å². The average molecular weight is 319 g/mol. The van der Waals surface area contributed by atoms with Gasteiger partial charge in [0.1, 0.15) is 0 Å². The summed E-state index contributed by atoms with van der Waals surface area (Å²) in [6, 6.07) is 2.70. The summed E-state index contributed by atoms with van der Waals surface area (Å²) in [5.41, 5.74) is 4.78. The van der Waals surface area contributed by atoms with Gasteiger partial charge in [0.05, 0.1) is 11.0 Å². The van der Waals surface area contributed by atoms with Crippen LogP contribution in [0.1, 0.15) is 18.6 Å². The zero-order valence-electron chi connectivity index (χ0n) is 9.42. The van der Waals surface area contributed by atoms with E-state index in [9.17, 15) is 20.0 Å². The van der Waals surface area contributed by atoms with Crippen LogP contribution in [0.4, 0.5) is 5.69 Å². The molecule has 0 fully saturated rings. The molecule has 18 heavy (non-hydrogen) atoms. The Bertz CT molecular complexity index is 489. The molecule has 1 aromatic rings. The summed E-state index contributed by atoms with van der Waals surface area (Å²) >= 11 is 3.10. The van der Waals surface area contributed by atoms with E-state index in [1.165, 1.54) is 19.1 Å². The summed E-state index contributed by atoms with van der Waals surface area (Å²) in [6.45, 7) is 0.935. The Morgan fingerprint density at radius 2 is 2.28 bits per heavy atom. The number of ether oxygens (including phenoxy) is 1. The molecule has 0 spiro atoms. The normalized spacial score (nSPS) is 11.9. The van der Waals surface area contributed by atoms with E-state index in [2.05, 4.69) is 15.9 Å². The quantitative estimate of drug-likeness (QED) is 0.626. The molecule has 0 radical (unpaired) electrons. The first-order valence-corrected chi connectivity index (χ1v) is 5.69. The van der Waals surface area contributed by atoms with Crippen molar-refractivity contribution in [2.75, 3.05) is 6.61 Å². The molecule has 0 aliphatic rings. The molecule has 0 aliphatic heterocycles. The Balaban J connectivity index is 3.31. The van der Waals surface area contributed by atoms with E-state index in [-0.39, 0.29) is 17.0 Å². The highest BCUT2D eigenvalue weighted by Gasteiger charge is 2.23.